The van der Waals surface area contributed by atoms with Crippen LogP contribution in [0.5, 0.6) is 5.75 Å². The van der Waals surface area contributed by atoms with Crippen LogP contribution in [0.3, 0.4) is 0 Å². The number of hydrogen-bond acceptors (Lipinski definition) is 4. The van der Waals surface area contributed by atoms with Crippen LogP contribution in [0.2, 0.25) is 5.02 Å². The standard InChI is InChI=1S/C13H15ClFN3O3S/c1-17(2)22(19,20)11-8-16-18(9-11)5-6-21-10-3-4-13(15)12(14)7-10/h3-4,7-9H,5-6H2,1-2H3. The number of hydrogen-bond donors (Lipinski definition) is 0. The highest BCUT2D eigenvalue weighted by Crippen LogP contribution is 2.21. The highest BCUT2D eigenvalue weighted by Gasteiger charge is 2.19. The van der Waals surface area contributed by atoms with E-state index in [1.54, 1.807) is 0 Å². The first-order valence-corrected chi connectivity index (χ1v) is 8.15. The van der Waals surface area contributed by atoms with Crippen LogP contribution in [0.1, 0.15) is 0 Å². The summed E-state index contributed by atoms with van der Waals surface area (Å²) in [5, 5.41) is 3.95. The van der Waals surface area contributed by atoms with E-state index in [1.807, 2.05) is 0 Å². The van der Waals surface area contributed by atoms with Gasteiger partial charge in [-0.15, -0.1) is 0 Å². The van der Waals surface area contributed by atoms with Gasteiger partial charge in [-0.25, -0.2) is 17.1 Å². The van der Waals surface area contributed by atoms with Crippen LogP contribution >= 0.6 is 11.6 Å². The molecule has 22 heavy (non-hydrogen) atoms. The maximum absolute atomic E-state index is 13.0. The lowest BCUT2D eigenvalue weighted by atomic mass is 10.3. The molecule has 1 aromatic heterocycles. The number of sulfonamides is 1. The normalized spacial score (nSPS) is 11.9. The van der Waals surface area contributed by atoms with E-state index in [0.29, 0.717) is 12.3 Å². The molecule has 6 nitrogen and oxygen atoms in total. The molecule has 1 aromatic carbocycles. The fourth-order valence-corrected chi connectivity index (χ4v) is 2.66. The lowest BCUT2D eigenvalue weighted by Gasteiger charge is -2.08. The topological polar surface area (TPSA) is 64.4 Å². The number of nitrogens with zero attached hydrogens (tertiary/aromatic N) is 3. The Morgan fingerprint density at radius 2 is 2.14 bits per heavy atom. The Morgan fingerprint density at radius 3 is 2.77 bits per heavy atom. The van der Waals surface area contributed by atoms with Crippen molar-refractivity contribution in [2.75, 3.05) is 20.7 Å². The first-order valence-electron chi connectivity index (χ1n) is 6.33. The number of aromatic nitrogens is 2. The van der Waals surface area contributed by atoms with Crippen molar-refractivity contribution < 1.29 is 17.5 Å². The molecule has 0 aliphatic carbocycles. The van der Waals surface area contributed by atoms with Gasteiger partial charge in [0, 0.05) is 26.4 Å². The predicted molar refractivity (Wildman–Crippen MR) is 80.0 cm³/mol. The predicted octanol–water partition coefficient (Wildman–Crippen LogP) is 2.00. The van der Waals surface area contributed by atoms with Crippen molar-refractivity contribution in [2.45, 2.75) is 11.4 Å². The molecule has 0 atom stereocenters. The van der Waals surface area contributed by atoms with Gasteiger partial charge >= 0.3 is 0 Å². The molecule has 120 valence electrons. The van der Waals surface area contributed by atoms with Gasteiger partial charge in [-0.3, -0.25) is 4.68 Å². The molecule has 0 spiro atoms. The van der Waals surface area contributed by atoms with Crippen molar-refractivity contribution in [3.05, 3.63) is 41.4 Å². The molecule has 2 rings (SSSR count). The molecule has 1 heterocycles. The molecule has 0 unspecified atom stereocenters. The summed E-state index contributed by atoms with van der Waals surface area (Å²) in [4.78, 5) is 0.113. The number of rotatable bonds is 6. The second-order valence-corrected chi connectivity index (χ2v) is 7.21. The van der Waals surface area contributed by atoms with E-state index in [9.17, 15) is 12.8 Å². The maximum atomic E-state index is 13.0. The van der Waals surface area contributed by atoms with Crippen LogP contribution in [0.15, 0.2) is 35.5 Å². The summed E-state index contributed by atoms with van der Waals surface area (Å²) in [6, 6.07) is 4.06. The summed E-state index contributed by atoms with van der Waals surface area (Å²) in [6.07, 6.45) is 2.71. The van der Waals surface area contributed by atoms with Gasteiger partial charge in [0.25, 0.3) is 0 Å². The van der Waals surface area contributed by atoms with Gasteiger partial charge in [-0.1, -0.05) is 11.6 Å². The van der Waals surface area contributed by atoms with Crippen LogP contribution in [-0.2, 0) is 16.6 Å². The van der Waals surface area contributed by atoms with Crippen molar-refractivity contribution in [1.29, 1.82) is 0 Å². The van der Waals surface area contributed by atoms with Gasteiger partial charge in [0.05, 0.1) is 17.8 Å². The third-order valence-corrected chi connectivity index (χ3v) is 4.93. The zero-order chi connectivity index (χ0) is 16.3. The monoisotopic (exact) mass is 347 g/mol. The highest BCUT2D eigenvalue weighted by molar-refractivity contribution is 7.89. The van der Waals surface area contributed by atoms with Gasteiger partial charge in [-0.2, -0.15) is 5.10 Å². The Balaban J connectivity index is 1.95. The average molecular weight is 348 g/mol. The molecular weight excluding hydrogens is 333 g/mol. The third kappa shape index (κ3) is 3.76. The van der Waals surface area contributed by atoms with Gasteiger partial charge in [-0.05, 0) is 12.1 Å². The van der Waals surface area contributed by atoms with E-state index in [-0.39, 0.29) is 16.5 Å². The lowest BCUT2D eigenvalue weighted by Crippen LogP contribution is -2.21. The molecule has 2 aromatic rings. The van der Waals surface area contributed by atoms with Crippen molar-refractivity contribution in [3.8, 4) is 5.75 Å². The molecule has 0 radical (unpaired) electrons. The molecule has 0 saturated heterocycles. The minimum atomic E-state index is -3.49. The summed E-state index contributed by atoms with van der Waals surface area (Å²) in [5.41, 5.74) is 0. The summed E-state index contributed by atoms with van der Waals surface area (Å²) in [7, 11) is -0.589. The van der Waals surface area contributed by atoms with Gasteiger partial charge < -0.3 is 4.74 Å². The van der Waals surface area contributed by atoms with E-state index < -0.39 is 15.8 Å². The minimum Gasteiger partial charge on any atom is -0.492 e. The SMILES string of the molecule is CN(C)S(=O)(=O)c1cnn(CCOc2ccc(F)c(Cl)c2)c1. The van der Waals surface area contributed by atoms with Crippen molar-refractivity contribution in [1.82, 2.24) is 14.1 Å². The van der Waals surface area contributed by atoms with Gasteiger partial charge in [0.15, 0.2) is 0 Å². The van der Waals surface area contributed by atoms with E-state index in [0.717, 1.165) is 4.31 Å². The van der Waals surface area contributed by atoms with Crippen LogP contribution in [-0.4, -0.2) is 43.2 Å². The number of benzene rings is 1. The number of ether oxygens (including phenoxy) is 1. The molecule has 0 amide bonds. The summed E-state index contributed by atoms with van der Waals surface area (Å²) >= 11 is 5.65. The molecule has 9 heteroatoms. The first kappa shape index (κ1) is 16.7. The van der Waals surface area contributed by atoms with Crippen LogP contribution in [0.25, 0.3) is 0 Å². The third-order valence-electron chi connectivity index (χ3n) is 2.87. The van der Waals surface area contributed by atoms with Crippen molar-refractivity contribution >= 4 is 21.6 Å². The molecule has 0 aliphatic heterocycles. The second kappa shape index (κ2) is 6.64. The Labute approximate surface area is 133 Å². The molecule has 0 N–H and O–H groups in total. The number of halogens is 2. The second-order valence-electron chi connectivity index (χ2n) is 4.65. The van der Waals surface area contributed by atoms with E-state index in [4.69, 9.17) is 16.3 Å². The van der Waals surface area contributed by atoms with Crippen molar-refractivity contribution in [3.63, 3.8) is 0 Å². The zero-order valence-electron chi connectivity index (χ0n) is 12.0. The fourth-order valence-electron chi connectivity index (χ4n) is 1.63. The lowest BCUT2D eigenvalue weighted by molar-refractivity contribution is 0.291. The molecule has 0 fully saturated rings. The maximum Gasteiger partial charge on any atom is 0.245 e. The molecule has 0 aliphatic rings. The Hall–Kier alpha value is -1.64. The smallest absolute Gasteiger partial charge is 0.245 e. The zero-order valence-corrected chi connectivity index (χ0v) is 13.6. The summed E-state index contributed by atoms with van der Waals surface area (Å²) in [5.74, 6) is -0.0840. The van der Waals surface area contributed by atoms with Gasteiger partial charge in [0.2, 0.25) is 10.0 Å². The summed E-state index contributed by atoms with van der Waals surface area (Å²) in [6.45, 7) is 0.586. The van der Waals surface area contributed by atoms with E-state index in [2.05, 4.69) is 5.10 Å². The highest BCUT2D eigenvalue weighted by atomic mass is 35.5. The average Bonchev–Trinajstić information content (AvgIpc) is 2.92. The Morgan fingerprint density at radius 1 is 1.41 bits per heavy atom. The molecule has 0 bridgehead atoms. The van der Waals surface area contributed by atoms with Crippen LogP contribution in [0, 0.1) is 5.82 Å². The Kier molecular flexibility index (Phi) is 5.05. The van der Waals surface area contributed by atoms with E-state index in [1.165, 1.54) is 49.4 Å². The first-order chi connectivity index (χ1) is 10.3. The minimum absolute atomic E-state index is 0.0176. The quantitative estimate of drug-likeness (QED) is 0.801. The largest absolute Gasteiger partial charge is 0.492 e. The van der Waals surface area contributed by atoms with E-state index >= 15 is 0 Å². The molecule has 0 saturated carbocycles. The molecular formula is C13H15ClFN3O3S. The van der Waals surface area contributed by atoms with Crippen molar-refractivity contribution in [2.24, 2.45) is 0 Å². The Bertz CT molecular complexity index is 762. The van der Waals surface area contributed by atoms with Crippen LogP contribution < -0.4 is 4.74 Å². The van der Waals surface area contributed by atoms with Gasteiger partial charge in [0.1, 0.15) is 23.1 Å². The summed E-state index contributed by atoms with van der Waals surface area (Å²) < 4.78 is 44.8. The fraction of sp³-hybridized carbons (Fsp3) is 0.308. The van der Waals surface area contributed by atoms with Crippen LogP contribution in [0.4, 0.5) is 4.39 Å².